The van der Waals surface area contributed by atoms with Crippen LogP contribution in [0.5, 0.6) is 0 Å². The van der Waals surface area contributed by atoms with E-state index in [1.807, 2.05) is 0 Å². The molecule has 0 saturated carbocycles. The summed E-state index contributed by atoms with van der Waals surface area (Å²) in [6, 6.07) is 2.48. The van der Waals surface area contributed by atoms with E-state index in [0.29, 0.717) is 12.5 Å². The molecule has 1 atom stereocenters. The van der Waals surface area contributed by atoms with Crippen LogP contribution in [0.4, 0.5) is 10.1 Å². The topological polar surface area (TPSA) is 75.4 Å². The molecule has 1 unspecified atom stereocenters. The normalized spacial score (nSPS) is 28.8. The molecular weight excluding hydrogens is 293 g/mol. The average molecular weight is 313 g/mol. The molecule has 7 heteroatoms. The number of nitrogens with two attached hydrogens (primary N) is 1. The van der Waals surface area contributed by atoms with E-state index >= 15 is 0 Å². The van der Waals surface area contributed by atoms with E-state index < -0.39 is 15.8 Å². The molecule has 3 aliphatic rings. The Labute approximate surface area is 124 Å². The molecule has 3 N–H and O–H groups in total. The third-order valence-corrected chi connectivity index (χ3v) is 5.98. The van der Waals surface area contributed by atoms with Gasteiger partial charge in [-0.15, -0.1) is 0 Å². The number of hydrogen-bond donors (Lipinski definition) is 2. The zero-order chi connectivity index (χ0) is 15.2. The summed E-state index contributed by atoms with van der Waals surface area (Å²) in [7, 11) is -3.89. The first-order valence-electron chi connectivity index (χ1n) is 7.17. The van der Waals surface area contributed by atoms with Gasteiger partial charge < -0.3 is 10.6 Å². The molecule has 0 amide bonds. The van der Waals surface area contributed by atoms with E-state index in [0.717, 1.165) is 25.9 Å². The lowest BCUT2D eigenvalue weighted by Gasteiger charge is -2.44. The van der Waals surface area contributed by atoms with Gasteiger partial charge in [0, 0.05) is 18.3 Å². The second kappa shape index (κ2) is 5.23. The molecule has 1 aromatic carbocycles. The number of halogens is 1. The molecule has 3 heterocycles. The summed E-state index contributed by atoms with van der Waals surface area (Å²) in [6.45, 7) is 4.26. The summed E-state index contributed by atoms with van der Waals surface area (Å²) in [5.74, 6) is -0.382. The van der Waals surface area contributed by atoms with Gasteiger partial charge in [-0.1, -0.05) is 0 Å². The fraction of sp³-hybridized carbons (Fsp3) is 0.571. The lowest BCUT2D eigenvalue weighted by Crippen LogP contribution is -2.57. The minimum atomic E-state index is -3.89. The van der Waals surface area contributed by atoms with Gasteiger partial charge in [-0.3, -0.25) is 0 Å². The highest BCUT2D eigenvalue weighted by Gasteiger charge is 2.37. The molecule has 0 aromatic heterocycles. The highest BCUT2D eigenvalue weighted by Crippen LogP contribution is 2.29. The monoisotopic (exact) mass is 313 g/mol. The van der Waals surface area contributed by atoms with Gasteiger partial charge in [0.05, 0.1) is 0 Å². The van der Waals surface area contributed by atoms with Crippen LogP contribution in [0.15, 0.2) is 17.0 Å². The van der Waals surface area contributed by atoms with Crippen LogP contribution < -0.4 is 10.5 Å². The molecule has 21 heavy (non-hydrogen) atoms. The van der Waals surface area contributed by atoms with Gasteiger partial charge in [-0.05, 0) is 56.5 Å². The molecule has 0 spiro atoms. The molecule has 0 aliphatic carbocycles. The standard InChI is InChI=1S/C14H20FN3O2S/c1-9-6-11(16)7-13(14(9)15)21(19,20)17-12-8-18-4-2-10(12)3-5-18/h6-7,10,12,17H,2-5,8,16H2,1H3. The summed E-state index contributed by atoms with van der Waals surface area (Å²) in [5.41, 5.74) is 6.14. The largest absolute Gasteiger partial charge is 0.399 e. The molecule has 3 fully saturated rings. The first-order chi connectivity index (χ1) is 9.87. The van der Waals surface area contributed by atoms with Gasteiger partial charge in [0.15, 0.2) is 0 Å². The fourth-order valence-electron chi connectivity index (χ4n) is 3.32. The maximum atomic E-state index is 14.1. The van der Waals surface area contributed by atoms with Crippen LogP contribution in [0.3, 0.4) is 0 Å². The highest BCUT2D eigenvalue weighted by atomic mass is 32.2. The van der Waals surface area contributed by atoms with Crippen LogP contribution in [-0.4, -0.2) is 39.0 Å². The van der Waals surface area contributed by atoms with Gasteiger partial charge in [0.2, 0.25) is 10.0 Å². The molecule has 3 saturated heterocycles. The molecule has 1 aromatic rings. The number of nitrogens with one attached hydrogen (secondary N) is 1. The summed E-state index contributed by atoms with van der Waals surface area (Å²) in [6.07, 6.45) is 1.98. The SMILES string of the molecule is Cc1cc(N)cc(S(=O)(=O)NC2CN3CCC2CC3)c1F. The van der Waals surface area contributed by atoms with Crippen molar-refractivity contribution in [1.82, 2.24) is 9.62 Å². The fourth-order valence-corrected chi connectivity index (χ4v) is 4.80. The minimum Gasteiger partial charge on any atom is -0.399 e. The van der Waals surface area contributed by atoms with E-state index in [4.69, 9.17) is 5.73 Å². The number of nitrogen functional groups attached to an aromatic ring is 1. The Hall–Kier alpha value is -1.18. The number of aryl methyl sites for hydroxylation is 1. The third kappa shape index (κ3) is 2.77. The molecule has 4 rings (SSSR count). The molecule has 3 aliphatic heterocycles. The van der Waals surface area contributed by atoms with Crippen LogP contribution in [-0.2, 0) is 10.0 Å². The van der Waals surface area contributed by atoms with Gasteiger partial charge in [0.25, 0.3) is 0 Å². The van der Waals surface area contributed by atoms with Crippen molar-refractivity contribution < 1.29 is 12.8 Å². The zero-order valence-electron chi connectivity index (χ0n) is 12.0. The van der Waals surface area contributed by atoms with Crippen molar-refractivity contribution in [2.75, 3.05) is 25.4 Å². The van der Waals surface area contributed by atoms with Crippen molar-refractivity contribution >= 4 is 15.7 Å². The number of benzene rings is 1. The van der Waals surface area contributed by atoms with Crippen LogP contribution in [0.25, 0.3) is 0 Å². The van der Waals surface area contributed by atoms with E-state index in [1.54, 1.807) is 0 Å². The number of rotatable bonds is 3. The predicted molar refractivity (Wildman–Crippen MR) is 78.8 cm³/mol. The second-order valence-corrected chi connectivity index (χ2v) is 7.70. The summed E-state index contributed by atoms with van der Waals surface area (Å²) in [4.78, 5) is 1.89. The zero-order valence-corrected chi connectivity index (χ0v) is 12.8. The predicted octanol–water partition coefficient (Wildman–Crippen LogP) is 1.09. The highest BCUT2D eigenvalue weighted by molar-refractivity contribution is 7.89. The van der Waals surface area contributed by atoms with Gasteiger partial charge in [-0.25, -0.2) is 17.5 Å². The number of piperidine rings is 3. The lowest BCUT2D eigenvalue weighted by molar-refractivity contribution is 0.0827. The van der Waals surface area contributed by atoms with Crippen molar-refractivity contribution in [3.63, 3.8) is 0 Å². The van der Waals surface area contributed by atoms with Gasteiger partial charge in [0.1, 0.15) is 10.7 Å². The van der Waals surface area contributed by atoms with Crippen molar-refractivity contribution in [2.45, 2.75) is 30.7 Å². The van der Waals surface area contributed by atoms with Crippen LogP contribution in [0, 0.1) is 18.7 Å². The Kier molecular flexibility index (Phi) is 3.67. The quantitative estimate of drug-likeness (QED) is 0.819. The lowest BCUT2D eigenvalue weighted by atomic mass is 9.85. The Morgan fingerprint density at radius 3 is 2.57 bits per heavy atom. The van der Waals surface area contributed by atoms with Crippen molar-refractivity contribution in [3.8, 4) is 0 Å². The Bertz CT molecular complexity index is 654. The minimum absolute atomic E-state index is 0.140. The second-order valence-electron chi connectivity index (χ2n) is 6.02. The summed E-state index contributed by atoms with van der Waals surface area (Å²) >= 11 is 0. The average Bonchev–Trinajstić information content (AvgIpc) is 2.43. The molecule has 0 radical (unpaired) electrons. The maximum Gasteiger partial charge on any atom is 0.243 e. The molecule has 2 bridgehead atoms. The number of anilines is 1. The van der Waals surface area contributed by atoms with Crippen LogP contribution in [0.2, 0.25) is 0 Å². The van der Waals surface area contributed by atoms with E-state index in [-0.39, 0.29) is 22.2 Å². The number of nitrogens with zero attached hydrogens (tertiary/aromatic N) is 1. The molecule has 5 nitrogen and oxygen atoms in total. The van der Waals surface area contributed by atoms with Crippen molar-refractivity contribution in [1.29, 1.82) is 0 Å². The molecule has 116 valence electrons. The Morgan fingerprint density at radius 2 is 2.00 bits per heavy atom. The first-order valence-corrected chi connectivity index (χ1v) is 8.65. The van der Waals surface area contributed by atoms with E-state index in [2.05, 4.69) is 9.62 Å². The third-order valence-electron chi connectivity index (χ3n) is 4.50. The van der Waals surface area contributed by atoms with Gasteiger partial charge >= 0.3 is 0 Å². The maximum absolute atomic E-state index is 14.1. The summed E-state index contributed by atoms with van der Waals surface area (Å²) < 4.78 is 41.8. The number of hydrogen-bond acceptors (Lipinski definition) is 4. The smallest absolute Gasteiger partial charge is 0.243 e. The van der Waals surface area contributed by atoms with Crippen LogP contribution >= 0.6 is 0 Å². The van der Waals surface area contributed by atoms with Gasteiger partial charge in [-0.2, -0.15) is 0 Å². The summed E-state index contributed by atoms with van der Waals surface area (Å²) in [5, 5.41) is 0. The van der Waals surface area contributed by atoms with Crippen molar-refractivity contribution in [3.05, 3.63) is 23.5 Å². The van der Waals surface area contributed by atoms with Crippen molar-refractivity contribution in [2.24, 2.45) is 5.92 Å². The van der Waals surface area contributed by atoms with E-state index in [9.17, 15) is 12.8 Å². The van der Waals surface area contributed by atoms with E-state index in [1.165, 1.54) is 19.1 Å². The number of fused-ring (bicyclic) bond motifs is 3. The first kappa shape index (κ1) is 14.7. The Morgan fingerprint density at radius 1 is 1.33 bits per heavy atom. The van der Waals surface area contributed by atoms with Crippen LogP contribution in [0.1, 0.15) is 18.4 Å². The Balaban J connectivity index is 1.88. The molecular formula is C14H20FN3O2S. The number of sulfonamides is 1.